The van der Waals surface area contributed by atoms with Crippen molar-refractivity contribution >= 4 is 11.6 Å². The summed E-state index contributed by atoms with van der Waals surface area (Å²) < 4.78 is 32.1. The first kappa shape index (κ1) is 20.8. The number of rotatable bonds is 8. The molecule has 0 fully saturated rings. The molecular formula is C21H23NO6. The third-order valence-electron chi connectivity index (χ3n) is 4.09. The number of hydrogen-bond acceptors (Lipinski definition) is 7. The summed E-state index contributed by atoms with van der Waals surface area (Å²) >= 11 is 0. The molecule has 148 valence electrons. The normalized spacial score (nSPS) is 10.7. The Morgan fingerprint density at radius 2 is 1.07 bits per heavy atom. The van der Waals surface area contributed by atoms with E-state index in [-0.39, 0.29) is 0 Å². The number of nitrogens with zero attached hydrogens (tertiary/aromatic N) is 1. The molecule has 2 aromatic rings. The van der Waals surface area contributed by atoms with Crippen LogP contribution in [0.3, 0.4) is 0 Å². The van der Waals surface area contributed by atoms with Gasteiger partial charge in [0, 0.05) is 0 Å². The first-order valence-electron chi connectivity index (χ1n) is 8.28. The molecule has 0 saturated carbocycles. The summed E-state index contributed by atoms with van der Waals surface area (Å²) in [7, 11) is 9.18. The van der Waals surface area contributed by atoms with Gasteiger partial charge in [0.25, 0.3) is 0 Å². The van der Waals surface area contributed by atoms with E-state index in [1.807, 2.05) is 0 Å². The summed E-state index contributed by atoms with van der Waals surface area (Å²) in [5.41, 5.74) is 1.72. The summed E-state index contributed by atoms with van der Waals surface area (Å²) in [6.07, 6.45) is 1.71. The third kappa shape index (κ3) is 4.07. The first-order chi connectivity index (χ1) is 13.6. The molecule has 7 nitrogen and oxygen atoms in total. The fraction of sp³-hybridized carbons (Fsp3) is 0.286. The molecule has 2 aromatic carbocycles. The van der Waals surface area contributed by atoms with Crippen molar-refractivity contribution in [2.45, 2.75) is 0 Å². The van der Waals surface area contributed by atoms with Crippen LogP contribution in [0, 0.1) is 11.3 Å². The SMILES string of the molecule is COc1cc(/C=C(\C#N)c2cc(OC)c(OC)c(OC)c2)cc(OC)c1OC. The number of ether oxygens (including phenoxy) is 6. The van der Waals surface area contributed by atoms with Crippen LogP contribution in [-0.4, -0.2) is 42.7 Å². The molecule has 7 heteroatoms. The van der Waals surface area contributed by atoms with Crippen molar-refractivity contribution in [3.8, 4) is 40.6 Å². The predicted octanol–water partition coefficient (Wildman–Crippen LogP) is 3.80. The Hall–Kier alpha value is -3.53. The zero-order chi connectivity index (χ0) is 20.7. The van der Waals surface area contributed by atoms with Crippen LogP contribution in [0.15, 0.2) is 24.3 Å². The van der Waals surface area contributed by atoms with Gasteiger partial charge in [0.15, 0.2) is 23.0 Å². The number of nitriles is 1. The molecule has 0 N–H and O–H groups in total. The third-order valence-corrected chi connectivity index (χ3v) is 4.09. The molecular weight excluding hydrogens is 362 g/mol. The standard InChI is InChI=1S/C21H23NO6/c1-23-16-8-13(9-17(24-2)20(16)27-5)7-15(12-22)14-10-18(25-3)21(28-6)19(11-14)26-4/h7-11H,1-6H3/b15-7+. The van der Waals surface area contributed by atoms with Gasteiger partial charge < -0.3 is 28.4 Å². The second-order valence-corrected chi connectivity index (χ2v) is 5.54. The Kier molecular flexibility index (Phi) is 6.99. The van der Waals surface area contributed by atoms with Crippen LogP contribution in [0.5, 0.6) is 34.5 Å². The van der Waals surface area contributed by atoms with Gasteiger partial charge in [-0.2, -0.15) is 5.26 Å². The Balaban J connectivity index is 2.63. The zero-order valence-corrected chi connectivity index (χ0v) is 16.8. The van der Waals surface area contributed by atoms with E-state index in [4.69, 9.17) is 28.4 Å². The summed E-state index contributed by atoms with van der Waals surface area (Å²) in [6.45, 7) is 0. The highest BCUT2D eigenvalue weighted by Crippen LogP contribution is 2.41. The van der Waals surface area contributed by atoms with Crippen LogP contribution in [0.1, 0.15) is 11.1 Å². The Bertz CT molecular complexity index is 864. The maximum atomic E-state index is 9.73. The average molecular weight is 385 g/mol. The number of methoxy groups -OCH3 is 6. The molecule has 0 unspecified atom stereocenters. The van der Waals surface area contributed by atoms with Gasteiger partial charge in [-0.1, -0.05) is 0 Å². The Morgan fingerprint density at radius 3 is 1.39 bits per heavy atom. The minimum Gasteiger partial charge on any atom is -0.493 e. The maximum absolute atomic E-state index is 9.73. The number of hydrogen-bond donors (Lipinski definition) is 0. The lowest BCUT2D eigenvalue weighted by atomic mass is 10.0. The van der Waals surface area contributed by atoms with Crippen LogP contribution in [0.25, 0.3) is 11.6 Å². The van der Waals surface area contributed by atoms with Crippen LogP contribution < -0.4 is 28.4 Å². The minimum atomic E-state index is 0.397. The first-order valence-corrected chi connectivity index (χ1v) is 8.28. The number of allylic oxidation sites excluding steroid dienone is 1. The lowest BCUT2D eigenvalue weighted by Crippen LogP contribution is -1.97. The van der Waals surface area contributed by atoms with Crippen molar-refractivity contribution in [3.05, 3.63) is 35.4 Å². The summed E-state index contributed by atoms with van der Waals surface area (Å²) in [5, 5.41) is 9.73. The Labute approximate surface area is 164 Å². The fourth-order valence-corrected chi connectivity index (χ4v) is 2.77. The highest BCUT2D eigenvalue weighted by atomic mass is 16.5. The van der Waals surface area contributed by atoms with Gasteiger partial charge in [0.2, 0.25) is 11.5 Å². The van der Waals surface area contributed by atoms with Gasteiger partial charge in [0.1, 0.15) is 0 Å². The van der Waals surface area contributed by atoms with Gasteiger partial charge in [-0.05, 0) is 41.5 Å². The van der Waals surface area contributed by atoms with Gasteiger partial charge >= 0.3 is 0 Å². The fourth-order valence-electron chi connectivity index (χ4n) is 2.77. The van der Waals surface area contributed by atoms with E-state index in [0.29, 0.717) is 51.2 Å². The monoisotopic (exact) mass is 385 g/mol. The smallest absolute Gasteiger partial charge is 0.203 e. The summed E-state index contributed by atoms with van der Waals surface area (Å²) in [5.74, 6) is 2.85. The van der Waals surface area contributed by atoms with E-state index in [9.17, 15) is 5.26 Å². The second-order valence-electron chi connectivity index (χ2n) is 5.54. The maximum Gasteiger partial charge on any atom is 0.203 e. The van der Waals surface area contributed by atoms with Crippen molar-refractivity contribution < 1.29 is 28.4 Å². The van der Waals surface area contributed by atoms with Crippen LogP contribution in [-0.2, 0) is 0 Å². The average Bonchev–Trinajstić information content (AvgIpc) is 2.75. The molecule has 0 bridgehead atoms. The molecule has 0 aliphatic heterocycles. The molecule has 0 aliphatic rings. The summed E-state index contributed by atoms with van der Waals surface area (Å²) in [4.78, 5) is 0. The highest BCUT2D eigenvalue weighted by molar-refractivity contribution is 5.91. The van der Waals surface area contributed by atoms with Crippen molar-refractivity contribution in [1.82, 2.24) is 0 Å². The molecule has 0 aromatic heterocycles. The van der Waals surface area contributed by atoms with Crippen molar-refractivity contribution in [2.24, 2.45) is 0 Å². The van der Waals surface area contributed by atoms with Gasteiger partial charge in [-0.3, -0.25) is 0 Å². The van der Waals surface area contributed by atoms with E-state index in [0.717, 1.165) is 0 Å². The highest BCUT2D eigenvalue weighted by Gasteiger charge is 2.17. The molecule has 0 aliphatic carbocycles. The molecule has 0 atom stereocenters. The second kappa shape index (κ2) is 9.42. The molecule has 0 radical (unpaired) electrons. The molecule has 0 saturated heterocycles. The van der Waals surface area contributed by atoms with E-state index in [1.165, 1.54) is 42.7 Å². The van der Waals surface area contributed by atoms with Gasteiger partial charge in [-0.25, -0.2) is 0 Å². The molecule has 0 amide bonds. The van der Waals surface area contributed by atoms with Gasteiger partial charge in [-0.15, -0.1) is 0 Å². The zero-order valence-electron chi connectivity index (χ0n) is 16.8. The van der Waals surface area contributed by atoms with Crippen LogP contribution >= 0.6 is 0 Å². The van der Waals surface area contributed by atoms with E-state index in [2.05, 4.69) is 6.07 Å². The van der Waals surface area contributed by atoms with Crippen molar-refractivity contribution in [1.29, 1.82) is 5.26 Å². The number of benzene rings is 2. The topological polar surface area (TPSA) is 79.2 Å². The Morgan fingerprint density at radius 1 is 0.679 bits per heavy atom. The van der Waals surface area contributed by atoms with Crippen molar-refractivity contribution in [3.63, 3.8) is 0 Å². The molecule has 0 spiro atoms. The van der Waals surface area contributed by atoms with Crippen molar-refractivity contribution in [2.75, 3.05) is 42.7 Å². The molecule has 0 heterocycles. The van der Waals surface area contributed by atoms with Crippen LogP contribution in [0.4, 0.5) is 0 Å². The van der Waals surface area contributed by atoms with E-state index in [1.54, 1.807) is 30.3 Å². The van der Waals surface area contributed by atoms with E-state index < -0.39 is 0 Å². The van der Waals surface area contributed by atoms with Crippen LogP contribution in [0.2, 0.25) is 0 Å². The summed E-state index contributed by atoms with van der Waals surface area (Å²) in [6, 6.07) is 9.16. The minimum absolute atomic E-state index is 0.397. The molecule has 28 heavy (non-hydrogen) atoms. The lowest BCUT2D eigenvalue weighted by Gasteiger charge is -2.14. The lowest BCUT2D eigenvalue weighted by molar-refractivity contribution is 0.324. The largest absolute Gasteiger partial charge is 0.493 e. The van der Waals surface area contributed by atoms with E-state index >= 15 is 0 Å². The predicted molar refractivity (Wildman–Crippen MR) is 106 cm³/mol. The van der Waals surface area contributed by atoms with Gasteiger partial charge in [0.05, 0.1) is 54.3 Å². The molecule has 2 rings (SSSR count). The quantitative estimate of drug-likeness (QED) is 0.505.